The van der Waals surface area contributed by atoms with Crippen LogP contribution in [-0.4, -0.2) is 9.97 Å². The van der Waals surface area contributed by atoms with Gasteiger partial charge in [-0.15, -0.1) is 0 Å². The van der Waals surface area contributed by atoms with Gasteiger partial charge < -0.3 is 4.98 Å². The van der Waals surface area contributed by atoms with Crippen molar-refractivity contribution in [3.05, 3.63) is 50.9 Å². The second-order valence-electron chi connectivity index (χ2n) is 3.99. The van der Waals surface area contributed by atoms with Crippen molar-refractivity contribution in [3.8, 4) is 11.4 Å². The number of fused-ring (bicyclic) bond motifs is 1. The summed E-state index contributed by atoms with van der Waals surface area (Å²) in [7, 11) is 0. The summed E-state index contributed by atoms with van der Waals surface area (Å²) < 4.78 is 27.4. The summed E-state index contributed by atoms with van der Waals surface area (Å²) in [6, 6.07) is 7.29. The zero-order valence-electron chi connectivity index (χ0n) is 9.35. The Morgan fingerprint density at radius 2 is 1.79 bits per heavy atom. The van der Waals surface area contributed by atoms with E-state index in [1.165, 1.54) is 18.2 Å². The third-order valence-corrected chi connectivity index (χ3v) is 3.97. The molecule has 0 aliphatic heterocycles. The summed E-state index contributed by atoms with van der Waals surface area (Å²) in [5.41, 5.74) is 1.94. The van der Waals surface area contributed by atoms with Crippen molar-refractivity contribution in [1.29, 1.82) is 0 Å². The molecule has 2 aromatic carbocycles. The number of rotatable bonds is 1. The number of H-pyrrole nitrogens is 1. The number of hydrogen-bond donors (Lipinski definition) is 1. The molecular weight excluding hydrogens is 382 g/mol. The fraction of sp³-hybridized carbons (Fsp3) is 0. The minimum absolute atomic E-state index is 0.333. The molecule has 1 heterocycles. The summed E-state index contributed by atoms with van der Waals surface area (Å²) in [5, 5.41) is 0. The topological polar surface area (TPSA) is 28.7 Å². The van der Waals surface area contributed by atoms with Gasteiger partial charge in [-0.1, -0.05) is 0 Å². The number of hydrogen-bond acceptors (Lipinski definition) is 1. The van der Waals surface area contributed by atoms with Crippen LogP contribution in [0.15, 0.2) is 39.3 Å². The van der Waals surface area contributed by atoms with Crippen LogP contribution in [0.2, 0.25) is 0 Å². The minimum Gasteiger partial charge on any atom is -0.338 e. The number of halogens is 4. The fourth-order valence-corrected chi connectivity index (χ4v) is 2.68. The van der Waals surface area contributed by atoms with Crippen LogP contribution in [0.3, 0.4) is 0 Å². The Bertz CT molecular complexity index is 745. The standard InChI is InChI=1S/C13H6Br2F2N2/c14-8-3-6(16)1-2-7(8)13-18-11-4-9(15)10(17)5-12(11)19-13/h1-5H,(H,18,19). The second kappa shape index (κ2) is 4.68. The lowest BCUT2D eigenvalue weighted by Gasteiger charge is -2.00. The lowest BCUT2D eigenvalue weighted by Crippen LogP contribution is -1.83. The van der Waals surface area contributed by atoms with Crippen LogP contribution in [0, 0.1) is 11.6 Å². The van der Waals surface area contributed by atoms with Crippen molar-refractivity contribution < 1.29 is 8.78 Å². The van der Waals surface area contributed by atoms with Gasteiger partial charge in [-0.2, -0.15) is 0 Å². The van der Waals surface area contributed by atoms with Gasteiger partial charge in [0, 0.05) is 16.1 Å². The predicted octanol–water partition coefficient (Wildman–Crippen LogP) is 5.03. The van der Waals surface area contributed by atoms with Gasteiger partial charge in [0.1, 0.15) is 17.5 Å². The quantitative estimate of drug-likeness (QED) is 0.623. The molecule has 6 heteroatoms. The molecule has 0 amide bonds. The molecule has 3 aromatic rings. The Morgan fingerprint density at radius 3 is 2.53 bits per heavy atom. The molecule has 0 aliphatic rings. The maximum atomic E-state index is 13.4. The smallest absolute Gasteiger partial charge is 0.139 e. The highest BCUT2D eigenvalue weighted by Crippen LogP contribution is 2.30. The third-order valence-electron chi connectivity index (χ3n) is 2.71. The van der Waals surface area contributed by atoms with Crippen molar-refractivity contribution >= 4 is 42.9 Å². The Kier molecular flexibility index (Phi) is 3.14. The van der Waals surface area contributed by atoms with Gasteiger partial charge in [-0.3, -0.25) is 0 Å². The highest BCUT2D eigenvalue weighted by atomic mass is 79.9. The summed E-state index contributed by atoms with van der Waals surface area (Å²) in [4.78, 5) is 7.39. The number of nitrogens with one attached hydrogen (secondary N) is 1. The van der Waals surface area contributed by atoms with E-state index < -0.39 is 0 Å². The number of nitrogens with zero attached hydrogens (tertiary/aromatic N) is 1. The first kappa shape index (κ1) is 12.7. The number of imidazole rings is 1. The summed E-state index contributed by atoms with van der Waals surface area (Å²) in [5.74, 6) is -0.138. The minimum atomic E-state index is -0.360. The van der Waals surface area contributed by atoms with E-state index in [0.717, 1.165) is 0 Å². The molecule has 19 heavy (non-hydrogen) atoms. The molecular formula is C13H6Br2F2N2. The van der Waals surface area contributed by atoms with Gasteiger partial charge in [0.05, 0.1) is 15.5 Å². The summed E-state index contributed by atoms with van der Waals surface area (Å²) >= 11 is 6.40. The lowest BCUT2D eigenvalue weighted by atomic mass is 10.2. The molecule has 0 fully saturated rings. The SMILES string of the molecule is Fc1ccc(-c2nc3cc(Br)c(F)cc3[nH]2)c(Br)c1. The molecule has 0 atom stereocenters. The molecule has 1 aromatic heterocycles. The summed E-state index contributed by atoms with van der Waals surface area (Å²) in [6.45, 7) is 0. The molecule has 0 saturated heterocycles. The van der Waals surface area contributed by atoms with E-state index in [1.807, 2.05) is 0 Å². The van der Waals surface area contributed by atoms with Crippen LogP contribution in [0.1, 0.15) is 0 Å². The first-order chi connectivity index (χ1) is 9.04. The van der Waals surface area contributed by atoms with Gasteiger partial charge >= 0.3 is 0 Å². The average Bonchev–Trinajstić information content (AvgIpc) is 2.72. The first-order valence-corrected chi connectivity index (χ1v) is 6.93. The predicted molar refractivity (Wildman–Crippen MR) is 76.8 cm³/mol. The van der Waals surface area contributed by atoms with E-state index in [4.69, 9.17) is 0 Å². The maximum absolute atomic E-state index is 13.4. The second-order valence-corrected chi connectivity index (χ2v) is 5.70. The van der Waals surface area contributed by atoms with Crippen LogP contribution < -0.4 is 0 Å². The van der Waals surface area contributed by atoms with Crippen molar-refractivity contribution in [1.82, 2.24) is 9.97 Å². The van der Waals surface area contributed by atoms with Crippen molar-refractivity contribution in [2.45, 2.75) is 0 Å². The van der Waals surface area contributed by atoms with E-state index in [2.05, 4.69) is 41.8 Å². The fourth-order valence-electron chi connectivity index (χ4n) is 1.81. The summed E-state index contributed by atoms with van der Waals surface area (Å²) in [6.07, 6.45) is 0. The van der Waals surface area contributed by atoms with Crippen LogP contribution in [0.25, 0.3) is 22.4 Å². The zero-order chi connectivity index (χ0) is 13.6. The van der Waals surface area contributed by atoms with Gasteiger partial charge in [0.2, 0.25) is 0 Å². The molecule has 0 spiro atoms. The van der Waals surface area contributed by atoms with Crippen LogP contribution >= 0.6 is 31.9 Å². The third kappa shape index (κ3) is 2.30. The van der Waals surface area contributed by atoms with Gasteiger partial charge in [0.25, 0.3) is 0 Å². The highest BCUT2D eigenvalue weighted by molar-refractivity contribution is 9.10. The Hall–Kier alpha value is -1.27. The van der Waals surface area contributed by atoms with Gasteiger partial charge in [-0.05, 0) is 56.1 Å². The highest BCUT2D eigenvalue weighted by Gasteiger charge is 2.11. The Labute approximate surface area is 124 Å². The first-order valence-electron chi connectivity index (χ1n) is 5.35. The molecule has 2 nitrogen and oxygen atoms in total. The Balaban J connectivity index is 2.20. The molecule has 0 radical (unpaired) electrons. The van der Waals surface area contributed by atoms with E-state index in [9.17, 15) is 8.78 Å². The molecule has 1 N–H and O–H groups in total. The van der Waals surface area contributed by atoms with Gasteiger partial charge in [0.15, 0.2) is 0 Å². The van der Waals surface area contributed by atoms with Crippen molar-refractivity contribution in [3.63, 3.8) is 0 Å². The van der Waals surface area contributed by atoms with E-state index >= 15 is 0 Å². The monoisotopic (exact) mass is 386 g/mol. The Morgan fingerprint density at radius 1 is 1.00 bits per heavy atom. The van der Waals surface area contributed by atoms with E-state index in [-0.39, 0.29) is 11.6 Å². The number of aromatic nitrogens is 2. The lowest BCUT2D eigenvalue weighted by molar-refractivity contribution is 0.623. The zero-order valence-corrected chi connectivity index (χ0v) is 12.5. The number of benzene rings is 2. The normalized spacial score (nSPS) is 11.2. The van der Waals surface area contributed by atoms with Crippen LogP contribution in [-0.2, 0) is 0 Å². The molecule has 0 aliphatic carbocycles. The molecule has 96 valence electrons. The van der Waals surface area contributed by atoms with E-state index in [0.29, 0.717) is 31.4 Å². The number of aromatic amines is 1. The van der Waals surface area contributed by atoms with Gasteiger partial charge in [-0.25, -0.2) is 13.8 Å². The molecule has 0 bridgehead atoms. The van der Waals surface area contributed by atoms with Crippen LogP contribution in [0.4, 0.5) is 8.78 Å². The molecule has 0 saturated carbocycles. The average molecular weight is 388 g/mol. The van der Waals surface area contributed by atoms with Crippen LogP contribution in [0.5, 0.6) is 0 Å². The maximum Gasteiger partial charge on any atom is 0.139 e. The largest absolute Gasteiger partial charge is 0.338 e. The van der Waals surface area contributed by atoms with E-state index in [1.54, 1.807) is 12.1 Å². The van der Waals surface area contributed by atoms with Crippen molar-refractivity contribution in [2.24, 2.45) is 0 Å². The molecule has 0 unspecified atom stereocenters. The van der Waals surface area contributed by atoms with Crippen molar-refractivity contribution in [2.75, 3.05) is 0 Å². The molecule has 3 rings (SSSR count).